The van der Waals surface area contributed by atoms with Crippen LogP contribution in [0.2, 0.25) is 0 Å². The Bertz CT molecular complexity index is 1870. The summed E-state index contributed by atoms with van der Waals surface area (Å²) in [5.74, 6) is 0.171. The summed E-state index contributed by atoms with van der Waals surface area (Å²) in [5.41, 5.74) is 6.72. The predicted octanol–water partition coefficient (Wildman–Crippen LogP) is 4.60. The monoisotopic (exact) mass is 702 g/mol. The van der Waals surface area contributed by atoms with Crippen molar-refractivity contribution in [3.8, 4) is 12.3 Å². The number of nitrogens with two attached hydrogens (primary N) is 1. The molecule has 0 aliphatic rings. The van der Waals surface area contributed by atoms with Crippen LogP contribution < -0.4 is 21.5 Å². The summed E-state index contributed by atoms with van der Waals surface area (Å²) >= 11 is 0. The number of pyridine rings is 1. The molecule has 2 unspecified atom stereocenters. The highest BCUT2D eigenvalue weighted by Gasteiger charge is 2.36. The summed E-state index contributed by atoms with van der Waals surface area (Å²) in [5, 5.41) is 3.91. The van der Waals surface area contributed by atoms with Crippen LogP contribution in [0.5, 0.6) is 0 Å². The minimum absolute atomic E-state index is 0.0388. The Kier molecular flexibility index (Phi) is 12.7. The van der Waals surface area contributed by atoms with Crippen molar-refractivity contribution >= 4 is 62.0 Å². The minimum atomic E-state index is -1.30. The van der Waals surface area contributed by atoms with Gasteiger partial charge < -0.3 is 25.4 Å². The molecule has 0 aliphatic heterocycles. The van der Waals surface area contributed by atoms with Gasteiger partial charge in [-0.25, -0.2) is 14.8 Å². The van der Waals surface area contributed by atoms with Gasteiger partial charge in [-0.15, -0.1) is 6.42 Å². The predicted molar refractivity (Wildman–Crippen MR) is 193 cm³/mol. The molecule has 0 aliphatic carbocycles. The summed E-state index contributed by atoms with van der Waals surface area (Å²) in [6.45, 7) is 7.35. The fourth-order valence-electron chi connectivity index (χ4n) is 4.62. The number of carbonyl (C=O) groups excluding carboxylic acids is 3. The van der Waals surface area contributed by atoms with E-state index in [0.29, 0.717) is 23.2 Å². The number of terminal acetylenes is 1. The van der Waals surface area contributed by atoms with Crippen molar-refractivity contribution in [1.29, 1.82) is 0 Å². The zero-order chi connectivity index (χ0) is 35.6. The van der Waals surface area contributed by atoms with E-state index in [4.69, 9.17) is 21.6 Å². The number of nitrogen functional groups attached to an aromatic ring is 1. The van der Waals surface area contributed by atoms with Crippen LogP contribution in [-0.4, -0.2) is 63.3 Å². The molecule has 2 aromatic carbocycles. The topological polar surface area (TPSA) is 170 Å². The van der Waals surface area contributed by atoms with Crippen molar-refractivity contribution in [2.24, 2.45) is 5.92 Å². The highest BCUT2D eigenvalue weighted by atomic mass is 33.1. The molecule has 2 atom stereocenters. The third kappa shape index (κ3) is 10.8. The molecule has 0 saturated carbocycles. The van der Waals surface area contributed by atoms with Crippen molar-refractivity contribution in [3.63, 3.8) is 0 Å². The van der Waals surface area contributed by atoms with Gasteiger partial charge in [0.1, 0.15) is 23.3 Å². The summed E-state index contributed by atoms with van der Waals surface area (Å²) < 4.78 is 11.0. The van der Waals surface area contributed by atoms with Gasteiger partial charge in [-0.3, -0.25) is 19.4 Å². The fourth-order valence-corrected chi connectivity index (χ4v) is 6.32. The molecule has 256 valence electrons. The highest BCUT2D eigenvalue weighted by Crippen LogP contribution is 2.28. The van der Waals surface area contributed by atoms with E-state index in [-0.39, 0.29) is 30.2 Å². The molecule has 0 radical (unpaired) electrons. The number of nitrogens with one attached hydrogen (secondary N) is 2. The number of nitrogens with zero attached hydrogens (tertiary/aromatic N) is 3. The third-order valence-electron chi connectivity index (χ3n) is 6.95. The molecule has 4 aromatic rings. The number of aromatic nitrogens is 3. The van der Waals surface area contributed by atoms with Crippen molar-refractivity contribution in [2.75, 3.05) is 29.5 Å². The van der Waals surface area contributed by atoms with Gasteiger partial charge >= 0.3 is 11.9 Å². The maximum atomic E-state index is 13.4. The molecule has 0 fully saturated rings. The largest absolute Gasteiger partial charge is 0.464 e. The maximum Gasteiger partial charge on any atom is 0.330 e. The fraction of sp³-hybridized carbons (Fsp3) is 0.314. The van der Waals surface area contributed by atoms with Crippen LogP contribution in [0.3, 0.4) is 0 Å². The Morgan fingerprint density at radius 1 is 1.10 bits per heavy atom. The first-order valence-electron chi connectivity index (χ1n) is 15.3. The number of fused-ring (bicyclic) bond motifs is 1. The van der Waals surface area contributed by atoms with Crippen molar-refractivity contribution in [2.45, 2.75) is 50.9 Å². The lowest BCUT2D eigenvalue weighted by atomic mass is 10.0. The van der Waals surface area contributed by atoms with Crippen LogP contribution in [0.15, 0.2) is 76.7 Å². The van der Waals surface area contributed by atoms with E-state index in [0.717, 1.165) is 16.3 Å². The SMILES string of the molecule is C#CCN(Cc1ccc2nc(N)[nH]c(=O)c2c1)c1ccc(C(=O)NC(C(=O)OC(C)(C)C)C(C)C(=O)OCCSSc2ccccn2)cc1. The van der Waals surface area contributed by atoms with E-state index in [1.807, 2.05) is 29.2 Å². The second kappa shape index (κ2) is 16.9. The number of hydrogen-bond donors (Lipinski definition) is 3. The second-order valence-electron chi connectivity index (χ2n) is 11.9. The quantitative estimate of drug-likeness (QED) is 0.0724. The van der Waals surface area contributed by atoms with Crippen molar-refractivity contribution < 1.29 is 23.9 Å². The second-order valence-corrected chi connectivity index (χ2v) is 14.4. The standard InChI is InChI=1S/C35H38N6O6S2/c1-6-17-41(21-23-10-15-27-26(20-23)31(43)40-34(36)38-27)25-13-11-24(12-14-25)30(42)39-29(33(45)47-35(3,4)5)22(2)32(44)46-18-19-48-49-28-9-7-8-16-37-28/h1,7-16,20,22,29H,17-19,21H2,2-5H3,(H,39,42)(H3,36,38,40,43). The zero-order valence-electron chi connectivity index (χ0n) is 27.6. The molecular weight excluding hydrogens is 665 g/mol. The molecule has 1 amide bonds. The van der Waals surface area contributed by atoms with Gasteiger partial charge in [0.05, 0.1) is 23.4 Å². The molecule has 2 heterocycles. The van der Waals surface area contributed by atoms with Gasteiger partial charge in [-0.1, -0.05) is 28.8 Å². The van der Waals surface area contributed by atoms with E-state index < -0.39 is 35.4 Å². The zero-order valence-corrected chi connectivity index (χ0v) is 29.2. The van der Waals surface area contributed by atoms with Crippen LogP contribution >= 0.6 is 21.6 Å². The molecule has 4 rings (SSSR count). The van der Waals surface area contributed by atoms with Crippen LogP contribution in [0, 0.1) is 18.3 Å². The van der Waals surface area contributed by atoms with E-state index >= 15 is 0 Å². The number of aromatic amines is 1. The lowest BCUT2D eigenvalue weighted by molar-refractivity contribution is -0.163. The summed E-state index contributed by atoms with van der Waals surface area (Å²) in [6.07, 6.45) is 7.36. The smallest absolute Gasteiger partial charge is 0.330 e. The summed E-state index contributed by atoms with van der Waals surface area (Å²) in [7, 11) is 2.94. The van der Waals surface area contributed by atoms with E-state index in [1.165, 1.54) is 28.5 Å². The van der Waals surface area contributed by atoms with Gasteiger partial charge in [-0.2, -0.15) is 0 Å². The lowest BCUT2D eigenvalue weighted by Gasteiger charge is -2.27. The molecule has 2 aromatic heterocycles. The first kappa shape index (κ1) is 36.8. The number of benzene rings is 2. The lowest BCUT2D eigenvalue weighted by Crippen LogP contribution is -2.50. The average Bonchev–Trinajstić information content (AvgIpc) is 3.06. The first-order valence-corrected chi connectivity index (χ1v) is 17.6. The maximum absolute atomic E-state index is 13.4. The summed E-state index contributed by atoms with van der Waals surface area (Å²) in [4.78, 5) is 64.8. The van der Waals surface area contributed by atoms with E-state index in [1.54, 1.807) is 63.4 Å². The average molecular weight is 703 g/mol. The number of H-pyrrole nitrogens is 1. The molecular formula is C35H38N6O6S2. The minimum Gasteiger partial charge on any atom is -0.464 e. The number of ether oxygens (including phenoxy) is 2. The number of anilines is 2. The Balaban J connectivity index is 1.42. The summed E-state index contributed by atoms with van der Waals surface area (Å²) in [6, 6.07) is 16.2. The Morgan fingerprint density at radius 2 is 1.86 bits per heavy atom. The Hall–Kier alpha value is -5.00. The van der Waals surface area contributed by atoms with Crippen molar-refractivity contribution in [3.05, 3.63) is 88.3 Å². The number of carbonyl (C=O) groups is 3. The number of hydrogen-bond acceptors (Lipinski definition) is 12. The third-order valence-corrected chi connectivity index (χ3v) is 9.18. The molecule has 0 bridgehead atoms. The Morgan fingerprint density at radius 3 is 2.53 bits per heavy atom. The van der Waals surface area contributed by atoms with Gasteiger partial charge in [0.2, 0.25) is 5.95 Å². The highest BCUT2D eigenvalue weighted by molar-refractivity contribution is 8.76. The van der Waals surface area contributed by atoms with Gasteiger partial charge in [0.25, 0.3) is 11.5 Å². The number of esters is 2. The van der Waals surface area contributed by atoms with Crippen LogP contribution in [0.4, 0.5) is 11.6 Å². The van der Waals surface area contributed by atoms with Crippen LogP contribution in [-0.2, 0) is 25.6 Å². The van der Waals surface area contributed by atoms with Gasteiger partial charge in [0, 0.05) is 29.7 Å². The number of rotatable bonds is 14. The normalized spacial score (nSPS) is 12.4. The molecule has 49 heavy (non-hydrogen) atoms. The van der Waals surface area contributed by atoms with Crippen LogP contribution in [0.25, 0.3) is 10.9 Å². The molecule has 0 spiro atoms. The Labute approximate surface area is 292 Å². The van der Waals surface area contributed by atoms with Crippen molar-refractivity contribution in [1.82, 2.24) is 20.3 Å². The first-order chi connectivity index (χ1) is 23.3. The molecule has 0 saturated heterocycles. The molecule has 4 N–H and O–H groups in total. The van der Waals surface area contributed by atoms with Gasteiger partial charge in [0.15, 0.2) is 0 Å². The van der Waals surface area contributed by atoms with E-state index in [2.05, 4.69) is 26.2 Å². The van der Waals surface area contributed by atoms with Gasteiger partial charge in [-0.05, 0) is 92.6 Å². The molecule has 12 nitrogen and oxygen atoms in total. The van der Waals surface area contributed by atoms with E-state index in [9.17, 15) is 19.2 Å². The number of amides is 1. The van der Waals surface area contributed by atoms with Crippen LogP contribution in [0.1, 0.15) is 43.6 Å². The molecule has 14 heteroatoms.